The van der Waals surface area contributed by atoms with Crippen LogP contribution in [-0.2, 0) is 4.79 Å². The minimum absolute atomic E-state index is 0. The maximum atomic E-state index is 12.4. The first-order valence-corrected chi connectivity index (χ1v) is 10.1. The van der Waals surface area contributed by atoms with Gasteiger partial charge in [0.2, 0.25) is 5.91 Å². The monoisotopic (exact) mass is 384 g/mol. The molecule has 5 rings (SSSR count). The summed E-state index contributed by atoms with van der Waals surface area (Å²) in [7, 11) is 0. The van der Waals surface area contributed by atoms with Gasteiger partial charge in [-0.1, -0.05) is 0 Å². The highest BCUT2D eigenvalue weighted by Gasteiger charge is 2.51. The Morgan fingerprint density at radius 3 is 2.31 bits per heavy atom. The van der Waals surface area contributed by atoms with Crippen molar-refractivity contribution in [2.75, 3.05) is 26.2 Å². The molecule has 1 aliphatic heterocycles. The van der Waals surface area contributed by atoms with Gasteiger partial charge in [-0.15, -0.1) is 12.4 Å². The van der Waals surface area contributed by atoms with E-state index in [9.17, 15) is 9.59 Å². The lowest BCUT2D eigenvalue weighted by atomic mass is 9.53. The van der Waals surface area contributed by atoms with E-state index in [-0.39, 0.29) is 29.9 Å². The van der Waals surface area contributed by atoms with E-state index in [1.54, 1.807) is 0 Å². The maximum Gasteiger partial charge on any atom is 0.315 e. The lowest BCUT2D eigenvalue weighted by Crippen LogP contribution is -2.61. The topological polar surface area (TPSA) is 73.5 Å². The maximum absolute atomic E-state index is 12.4. The van der Waals surface area contributed by atoms with E-state index < -0.39 is 0 Å². The van der Waals surface area contributed by atoms with Crippen molar-refractivity contribution in [1.82, 2.24) is 20.9 Å². The molecule has 4 saturated carbocycles. The zero-order valence-electron chi connectivity index (χ0n) is 15.8. The van der Waals surface area contributed by atoms with Crippen LogP contribution in [0.5, 0.6) is 0 Å². The first-order valence-electron chi connectivity index (χ1n) is 10.1. The second-order valence-corrected chi connectivity index (χ2v) is 9.02. The zero-order valence-corrected chi connectivity index (χ0v) is 16.6. The molecule has 6 nitrogen and oxygen atoms in total. The van der Waals surface area contributed by atoms with Crippen molar-refractivity contribution in [2.24, 2.45) is 17.8 Å². The molecule has 7 heteroatoms. The van der Waals surface area contributed by atoms with Gasteiger partial charge in [0.25, 0.3) is 0 Å². The quantitative estimate of drug-likeness (QED) is 0.693. The number of halogens is 1. The molecule has 5 fully saturated rings. The molecule has 1 unspecified atom stereocenters. The molecule has 0 aromatic rings. The number of rotatable bonds is 4. The van der Waals surface area contributed by atoms with Gasteiger partial charge in [-0.25, -0.2) is 4.79 Å². The molecule has 3 N–H and O–H groups in total. The third-order valence-corrected chi connectivity index (χ3v) is 6.76. The number of carbonyl (C=O) groups is 2. The van der Waals surface area contributed by atoms with Crippen molar-refractivity contribution >= 4 is 24.3 Å². The Hall–Kier alpha value is -1.01. The number of carbonyl (C=O) groups excluding carboxylic acids is 2. The van der Waals surface area contributed by atoms with Gasteiger partial charge in [0.1, 0.15) is 0 Å². The summed E-state index contributed by atoms with van der Waals surface area (Å²) >= 11 is 0. The fourth-order valence-corrected chi connectivity index (χ4v) is 6.15. The minimum Gasteiger partial charge on any atom is -0.340 e. The highest BCUT2D eigenvalue weighted by molar-refractivity contribution is 5.85. The number of hydrogen-bond donors (Lipinski definition) is 3. The van der Waals surface area contributed by atoms with Crippen LogP contribution in [0, 0.1) is 17.8 Å². The van der Waals surface area contributed by atoms with Crippen molar-refractivity contribution in [3.05, 3.63) is 0 Å². The van der Waals surface area contributed by atoms with Crippen molar-refractivity contribution in [3.8, 4) is 0 Å². The molecule has 1 atom stereocenters. The van der Waals surface area contributed by atoms with Gasteiger partial charge >= 0.3 is 6.03 Å². The molecule has 0 aromatic heterocycles. The Balaban J connectivity index is 0.00000196. The Morgan fingerprint density at radius 1 is 1.12 bits per heavy atom. The molecular formula is C19H33ClN4O2. The summed E-state index contributed by atoms with van der Waals surface area (Å²) in [4.78, 5) is 26.5. The fraction of sp³-hybridized carbons (Fsp3) is 0.895. The first kappa shape index (κ1) is 19.7. The van der Waals surface area contributed by atoms with Gasteiger partial charge < -0.3 is 20.9 Å². The van der Waals surface area contributed by atoms with Gasteiger partial charge in [0.15, 0.2) is 0 Å². The minimum atomic E-state index is -0.0802. The van der Waals surface area contributed by atoms with Crippen LogP contribution in [0.15, 0.2) is 0 Å². The molecule has 3 amide bonds. The van der Waals surface area contributed by atoms with E-state index in [0.29, 0.717) is 19.0 Å². The highest BCUT2D eigenvalue weighted by Crippen LogP contribution is 2.55. The second kappa shape index (κ2) is 7.93. The molecule has 0 spiro atoms. The van der Waals surface area contributed by atoms with E-state index >= 15 is 0 Å². The largest absolute Gasteiger partial charge is 0.340 e. The molecule has 4 bridgehead atoms. The van der Waals surface area contributed by atoms with E-state index in [0.717, 1.165) is 56.7 Å². The van der Waals surface area contributed by atoms with Crippen LogP contribution >= 0.6 is 12.4 Å². The number of amides is 3. The number of hydrogen-bond acceptors (Lipinski definition) is 3. The Kier molecular flexibility index (Phi) is 6.02. The summed E-state index contributed by atoms with van der Waals surface area (Å²) in [5.74, 6) is 2.61. The standard InChI is InChI=1S/C19H32N4O2.ClH/c1-13-12-23(5-4-20-13)17(24)2-3-21-18(25)22-19-9-14-6-15(10-19)8-16(7-14)11-19;/h13-16,20H,2-12H2,1H3,(H2,21,22,25);1H. The zero-order chi connectivity index (χ0) is 17.4. The third kappa shape index (κ3) is 4.28. The average Bonchev–Trinajstić information content (AvgIpc) is 2.52. The van der Waals surface area contributed by atoms with Crippen molar-refractivity contribution in [2.45, 2.75) is 63.5 Å². The van der Waals surface area contributed by atoms with Crippen LogP contribution in [0.4, 0.5) is 4.79 Å². The molecule has 1 heterocycles. The molecule has 0 radical (unpaired) electrons. The third-order valence-electron chi connectivity index (χ3n) is 6.76. The van der Waals surface area contributed by atoms with Gasteiger partial charge in [-0.3, -0.25) is 4.79 Å². The lowest BCUT2D eigenvalue weighted by Gasteiger charge is -2.56. The van der Waals surface area contributed by atoms with Crippen LogP contribution in [-0.4, -0.2) is 54.6 Å². The lowest BCUT2D eigenvalue weighted by molar-refractivity contribution is -0.132. The predicted octanol–water partition coefficient (Wildman–Crippen LogP) is 1.89. The second-order valence-electron chi connectivity index (χ2n) is 9.02. The summed E-state index contributed by atoms with van der Waals surface area (Å²) in [5.41, 5.74) is 0.0385. The molecule has 26 heavy (non-hydrogen) atoms. The van der Waals surface area contributed by atoms with Crippen molar-refractivity contribution in [1.29, 1.82) is 0 Å². The molecule has 4 aliphatic carbocycles. The Morgan fingerprint density at radius 2 is 1.73 bits per heavy atom. The number of nitrogens with one attached hydrogen (secondary N) is 3. The summed E-state index contributed by atoms with van der Waals surface area (Å²) in [6.45, 7) is 4.90. The molecule has 1 saturated heterocycles. The van der Waals surface area contributed by atoms with E-state index in [4.69, 9.17) is 0 Å². The summed E-state index contributed by atoms with van der Waals surface area (Å²) in [6.07, 6.45) is 7.99. The fourth-order valence-electron chi connectivity index (χ4n) is 6.15. The Labute approximate surface area is 162 Å². The van der Waals surface area contributed by atoms with E-state index in [1.807, 2.05) is 4.90 Å². The molecular weight excluding hydrogens is 352 g/mol. The van der Waals surface area contributed by atoms with Crippen LogP contribution in [0.2, 0.25) is 0 Å². The van der Waals surface area contributed by atoms with Crippen molar-refractivity contribution < 1.29 is 9.59 Å². The number of piperazine rings is 1. The van der Waals surface area contributed by atoms with Gasteiger partial charge in [0, 0.05) is 44.2 Å². The first-order chi connectivity index (χ1) is 12.0. The van der Waals surface area contributed by atoms with Crippen LogP contribution in [0.25, 0.3) is 0 Å². The van der Waals surface area contributed by atoms with Gasteiger partial charge in [-0.2, -0.15) is 0 Å². The van der Waals surface area contributed by atoms with Crippen LogP contribution < -0.4 is 16.0 Å². The highest BCUT2D eigenvalue weighted by atomic mass is 35.5. The predicted molar refractivity (Wildman–Crippen MR) is 103 cm³/mol. The summed E-state index contributed by atoms with van der Waals surface area (Å²) in [5, 5.41) is 9.57. The SMILES string of the molecule is CC1CN(C(=O)CCNC(=O)NC23CC4CC(CC(C4)C2)C3)CCN1.Cl. The smallest absolute Gasteiger partial charge is 0.315 e. The molecule has 0 aromatic carbocycles. The van der Waals surface area contributed by atoms with Crippen LogP contribution in [0.3, 0.4) is 0 Å². The summed E-state index contributed by atoms with van der Waals surface area (Å²) < 4.78 is 0. The normalized spacial score (nSPS) is 37.8. The van der Waals surface area contributed by atoms with Crippen molar-refractivity contribution in [3.63, 3.8) is 0 Å². The van der Waals surface area contributed by atoms with E-state index in [1.165, 1.54) is 19.3 Å². The number of urea groups is 1. The van der Waals surface area contributed by atoms with Gasteiger partial charge in [0.05, 0.1) is 0 Å². The average molecular weight is 385 g/mol. The van der Waals surface area contributed by atoms with E-state index in [2.05, 4.69) is 22.9 Å². The molecule has 148 valence electrons. The van der Waals surface area contributed by atoms with Crippen LogP contribution in [0.1, 0.15) is 51.9 Å². The Bertz CT molecular complexity index is 506. The number of nitrogens with zero attached hydrogens (tertiary/aromatic N) is 1. The molecule has 5 aliphatic rings. The van der Waals surface area contributed by atoms with Gasteiger partial charge in [-0.05, 0) is 63.2 Å². The summed E-state index contributed by atoms with van der Waals surface area (Å²) in [6, 6.07) is 0.272.